The molecule has 2 saturated heterocycles. The maximum Gasteiger partial charge on any atom is 0.457 e. The number of carbonyl (C=O) groups is 1. The van der Waals surface area contributed by atoms with Crippen LogP contribution >= 0.6 is 0 Å². The summed E-state index contributed by atoms with van der Waals surface area (Å²) in [5.74, 6) is -0.283. The lowest BCUT2D eigenvalue weighted by molar-refractivity contribution is -0.394. The second kappa shape index (κ2) is 6.44. The van der Waals surface area contributed by atoms with Crippen molar-refractivity contribution in [1.29, 1.82) is 0 Å². The number of hydrogen-bond donors (Lipinski definition) is 1. The standard InChI is InChI=1S/C24H35BO6/c1-5-25-30-14-10-19-24(13-28-21(2,3)29-19)20-15(8-9-23(24,11-14)31-25)16-6-7-18(27)22(16,4)12-17(20)26/h6,14-15,17,19-20,26H,5,7-13H2,1-4H3/t14-,15-,17+,19+,20+,22-,23-,24+/m0/s1. The number of hydrogen-bond acceptors (Lipinski definition) is 6. The molecule has 7 heteroatoms. The molecule has 6 nitrogen and oxygen atoms in total. The van der Waals surface area contributed by atoms with Gasteiger partial charge >= 0.3 is 7.12 Å². The Hall–Kier alpha value is -0.725. The van der Waals surface area contributed by atoms with E-state index in [0.717, 1.165) is 32.0 Å². The first-order valence-electron chi connectivity index (χ1n) is 12.2. The van der Waals surface area contributed by atoms with E-state index in [1.54, 1.807) is 0 Å². The Kier molecular flexibility index (Phi) is 4.33. The van der Waals surface area contributed by atoms with E-state index >= 15 is 0 Å². The van der Waals surface area contributed by atoms with Crippen LogP contribution in [0.4, 0.5) is 0 Å². The van der Waals surface area contributed by atoms with Crippen molar-refractivity contribution in [2.75, 3.05) is 6.61 Å². The maximum atomic E-state index is 12.8. The van der Waals surface area contributed by atoms with Crippen molar-refractivity contribution in [3.63, 3.8) is 0 Å². The van der Waals surface area contributed by atoms with E-state index in [-0.39, 0.29) is 36.9 Å². The highest BCUT2D eigenvalue weighted by Crippen LogP contribution is 2.69. The number of ketones is 1. The fourth-order valence-electron chi connectivity index (χ4n) is 8.41. The monoisotopic (exact) mass is 430 g/mol. The lowest BCUT2D eigenvalue weighted by Crippen LogP contribution is -2.78. The van der Waals surface area contributed by atoms with Gasteiger partial charge in [-0.2, -0.15) is 0 Å². The molecule has 6 aliphatic rings. The predicted molar refractivity (Wildman–Crippen MR) is 114 cm³/mol. The van der Waals surface area contributed by atoms with Crippen LogP contribution in [0.3, 0.4) is 0 Å². The highest BCUT2D eigenvalue weighted by Gasteiger charge is 2.74. The van der Waals surface area contributed by atoms with Crippen molar-refractivity contribution >= 4 is 12.9 Å². The molecule has 0 aromatic heterocycles. The van der Waals surface area contributed by atoms with Gasteiger partial charge in [0.05, 0.1) is 35.2 Å². The molecule has 170 valence electrons. The Morgan fingerprint density at radius 2 is 2.06 bits per heavy atom. The number of ether oxygens (including phenoxy) is 2. The summed E-state index contributed by atoms with van der Waals surface area (Å²) >= 11 is 0. The molecule has 2 bridgehead atoms. The Labute approximate surface area is 185 Å². The van der Waals surface area contributed by atoms with Gasteiger partial charge in [-0.3, -0.25) is 4.79 Å². The summed E-state index contributed by atoms with van der Waals surface area (Å²) < 4.78 is 26.0. The van der Waals surface area contributed by atoms with Gasteiger partial charge in [0.2, 0.25) is 0 Å². The second-order valence-corrected chi connectivity index (χ2v) is 11.5. The van der Waals surface area contributed by atoms with Crippen molar-refractivity contribution in [2.45, 2.75) is 102 Å². The van der Waals surface area contributed by atoms with Crippen LogP contribution in [0.2, 0.25) is 6.32 Å². The van der Waals surface area contributed by atoms with Crippen molar-refractivity contribution in [3.05, 3.63) is 11.6 Å². The van der Waals surface area contributed by atoms with Crippen LogP contribution < -0.4 is 0 Å². The quantitative estimate of drug-likeness (QED) is 0.509. The van der Waals surface area contributed by atoms with Crippen LogP contribution in [0.15, 0.2) is 11.6 Å². The van der Waals surface area contributed by atoms with Gasteiger partial charge < -0.3 is 23.9 Å². The van der Waals surface area contributed by atoms with Crippen LogP contribution in [0.5, 0.6) is 0 Å². The zero-order valence-corrected chi connectivity index (χ0v) is 19.2. The normalized spacial score (nSPS) is 52.5. The van der Waals surface area contributed by atoms with Gasteiger partial charge in [-0.15, -0.1) is 0 Å². The Morgan fingerprint density at radius 1 is 1.26 bits per heavy atom. The number of allylic oxidation sites excluding steroid dienone is 2. The second-order valence-electron chi connectivity index (χ2n) is 11.5. The van der Waals surface area contributed by atoms with Gasteiger partial charge in [-0.25, -0.2) is 0 Å². The maximum absolute atomic E-state index is 12.8. The summed E-state index contributed by atoms with van der Waals surface area (Å²) in [5, 5.41) is 11.7. The Balaban J connectivity index is 1.49. The molecule has 31 heavy (non-hydrogen) atoms. The van der Waals surface area contributed by atoms with Crippen molar-refractivity contribution in [3.8, 4) is 0 Å². The van der Waals surface area contributed by atoms with E-state index in [0.29, 0.717) is 19.4 Å². The molecule has 8 atom stereocenters. The minimum absolute atomic E-state index is 0.0378. The van der Waals surface area contributed by atoms with E-state index in [4.69, 9.17) is 18.8 Å². The topological polar surface area (TPSA) is 74.2 Å². The van der Waals surface area contributed by atoms with Gasteiger partial charge in [0.1, 0.15) is 5.78 Å². The molecule has 6 rings (SSSR count). The third-order valence-corrected chi connectivity index (χ3v) is 9.66. The molecule has 0 aromatic rings. The van der Waals surface area contributed by atoms with Gasteiger partial charge in [0.15, 0.2) is 5.79 Å². The molecule has 0 radical (unpaired) electrons. The highest BCUT2D eigenvalue weighted by molar-refractivity contribution is 6.44. The van der Waals surface area contributed by atoms with Crippen LogP contribution in [-0.2, 0) is 23.6 Å². The molecule has 5 fully saturated rings. The van der Waals surface area contributed by atoms with Crippen molar-refractivity contribution < 1.29 is 28.7 Å². The third kappa shape index (κ3) is 2.56. The molecular weight excluding hydrogens is 395 g/mol. The summed E-state index contributed by atoms with van der Waals surface area (Å²) in [6.07, 6.45) is 6.84. The highest BCUT2D eigenvalue weighted by atomic mass is 16.7. The summed E-state index contributed by atoms with van der Waals surface area (Å²) in [5.41, 5.74) is -0.129. The minimum atomic E-state index is -0.670. The predicted octanol–water partition coefficient (Wildman–Crippen LogP) is 3.28. The van der Waals surface area contributed by atoms with E-state index in [2.05, 4.69) is 13.0 Å². The minimum Gasteiger partial charge on any atom is -0.408 e. The van der Waals surface area contributed by atoms with Crippen LogP contribution in [0, 0.1) is 22.7 Å². The van der Waals surface area contributed by atoms with E-state index < -0.39 is 28.3 Å². The molecule has 0 unspecified atom stereocenters. The first kappa shape index (κ1) is 20.9. The van der Waals surface area contributed by atoms with E-state index in [9.17, 15) is 9.90 Å². The Morgan fingerprint density at radius 3 is 2.84 bits per heavy atom. The Bertz CT molecular complexity index is 842. The zero-order valence-electron chi connectivity index (χ0n) is 19.2. The van der Waals surface area contributed by atoms with E-state index in [1.807, 2.05) is 20.8 Å². The number of rotatable bonds is 1. The largest absolute Gasteiger partial charge is 0.457 e. The van der Waals surface area contributed by atoms with Crippen LogP contribution in [0.1, 0.15) is 66.2 Å². The number of Topliss-reactive ketones (excluding diaryl/α,β-unsaturated/α-hetero) is 1. The first-order valence-corrected chi connectivity index (χ1v) is 12.2. The van der Waals surface area contributed by atoms with Crippen LogP contribution in [0.25, 0.3) is 0 Å². The molecule has 2 spiro atoms. The molecule has 1 N–H and O–H groups in total. The fraction of sp³-hybridized carbons (Fsp3) is 0.875. The van der Waals surface area contributed by atoms with Crippen molar-refractivity contribution in [2.24, 2.45) is 22.7 Å². The summed E-state index contributed by atoms with van der Waals surface area (Å²) in [6, 6.07) is 0. The van der Waals surface area contributed by atoms with E-state index in [1.165, 1.54) is 5.57 Å². The average Bonchev–Trinajstić information content (AvgIpc) is 3.00. The van der Waals surface area contributed by atoms with Crippen LogP contribution in [-0.4, -0.2) is 54.3 Å². The number of aliphatic hydroxyl groups excluding tert-OH is 1. The number of carbonyl (C=O) groups excluding carboxylic acids is 1. The molecule has 4 aliphatic carbocycles. The van der Waals surface area contributed by atoms with Gasteiger partial charge in [0, 0.05) is 24.9 Å². The number of fused-ring (bicyclic) bond motifs is 4. The molecule has 2 heterocycles. The molecule has 0 aromatic carbocycles. The molecule has 0 amide bonds. The van der Waals surface area contributed by atoms with Gasteiger partial charge in [-0.1, -0.05) is 18.6 Å². The van der Waals surface area contributed by atoms with Crippen molar-refractivity contribution in [1.82, 2.24) is 0 Å². The van der Waals surface area contributed by atoms with Gasteiger partial charge in [-0.05, 0) is 58.7 Å². The lowest BCUT2D eigenvalue weighted by Gasteiger charge is -2.71. The third-order valence-electron chi connectivity index (χ3n) is 9.66. The average molecular weight is 430 g/mol. The summed E-state index contributed by atoms with van der Waals surface area (Å²) in [4.78, 5) is 12.8. The molecule has 3 saturated carbocycles. The smallest absolute Gasteiger partial charge is 0.408 e. The first-order chi connectivity index (χ1) is 14.6. The SMILES string of the molecule is CCB1O[C@H]2C[C@H]3OC(C)(C)OC[C@]34[C@H]3[C@H](O)C[C@]5(C)C(=O)CC=C5[C@@H]3CC[C@@]4(C2)O1. The lowest BCUT2D eigenvalue weighted by atomic mass is 9.41. The number of aliphatic hydroxyl groups is 1. The zero-order chi connectivity index (χ0) is 21.8. The molecule has 2 aliphatic heterocycles. The fourth-order valence-corrected chi connectivity index (χ4v) is 8.41. The summed E-state index contributed by atoms with van der Waals surface area (Å²) in [7, 11) is -0.221. The summed E-state index contributed by atoms with van der Waals surface area (Å²) in [6.45, 7) is 8.61. The molecular formula is C24H35BO6. The van der Waals surface area contributed by atoms with Gasteiger partial charge in [0.25, 0.3) is 0 Å².